The summed E-state index contributed by atoms with van der Waals surface area (Å²) in [5.41, 5.74) is 1.04. The Kier molecular flexibility index (Phi) is 7.22. The largest absolute Gasteiger partial charge is 0.488 e. The number of carbonyl (C=O) groups excluding carboxylic acids is 2. The molecule has 1 aromatic carbocycles. The smallest absolute Gasteiger partial charge is 0.264 e. The summed E-state index contributed by atoms with van der Waals surface area (Å²) in [5, 5.41) is 3.87. The minimum atomic E-state index is -0.428. The van der Waals surface area contributed by atoms with Gasteiger partial charge >= 0.3 is 0 Å². The predicted molar refractivity (Wildman–Crippen MR) is 125 cm³/mol. The van der Waals surface area contributed by atoms with Crippen molar-refractivity contribution < 1.29 is 18.7 Å². The van der Waals surface area contributed by atoms with E-state index in [0.717, 1.165) is 18.4 Å². The van der Waals surface area contributed by atoms with E-state index in [1.54, 1.807) is 45.4 Å². The molecule has 32 heavy (non-hydrogen) atoms. The second-order valence-electron chi connectivity index (χ2n) is 7.60. The van der Waals surface area contributed by atoms with Crippen LogP contribution in [0, 0.1) is 5.82 Å². The molecule has 3 heterocycles. The van der Waals surface area contributed by atoms with E-state index in [-0.39, 0.29) is 36.8 Å². The number of para-hydroxylation sites is 1. The summed E-state index contributed by atoms with van der Waals surface area (Å²) in [6, 6.07) is 11.6. The van der Waals surface area contributed by atoms with Crippen molar-refractivity contribution in [3.05, 3.63) is 74.4 Å². The van der Waals surface area contributed by atoms with E-state index in [1.165, 1.54) is 22.3 Å². The molecule has 1 aliphatic heterocycles. The first-order valence-electron chi connectivity index (χ1n) is 10.6. The average Bonchev–Trinajstić information content (AvgIpc) is 3.49. The quantitative estimate of drug-likeness (QED) is 0.463. The summed E-state index contributed by atoms with van der Waals surface area (Å²) < 4.78 is 19.9. The fraction of sp³-hybridized carbons (Fsp3) is 0.333. The fourth-order valence-electron chi connectivity index (χ4n) is 3.94. The van der Waals surface area contributed by atoms with Crippen LogP contribution in [0.3, 0.4) is 0 Å². The van der Waals surface area contributed by atoms with Crippen molar-refractivity contribution >= 4 is 34.5 Å². The normalized spacial score (nSPS) is 15.3. The number of ether oxygens (including phenoxy) is 1. The van der Waals surface area contributed by atoms with Crippen LogP contribution in [0.1, 0.15) is 39.5 Å². The maximum absolute atomic E-state index is 14.1. The van der Waals surface area contributed by atoms with E-state index < -0.39 is 5.82 Å². The van der Waals surface area contributed by atoms with Gasteiger partial charge in [0.05, 0.1) is 10.9 Å². The molecule has 2 aromatic heterocycles. The van der Waals surface area contributed by atoms with Gasteiger partial charge in [-0.2, -0.15) is 0 Å². The molecule has 3 aromatic rings. The van der Waals surface area contributed by atoms with Crippen molar-refractivity contribution in [2.75, 3.05) is 26.2 Å². The van der Waals surface area contributed by atoms with Crippen molar-refractivity contribution in [3.63, 3.8) is 0 Å². The fourth-order valence-corrected chi connectivity index (χ4v) is 5.56. The molecule has 168 valence electrons. The molecular formula is C24H25FN2O3S2. The SMILES string of the molecule is CCCN(CC(=O)N1CCc2sccc2[C@@H]1COc1ccccc1F)C(=O)c1cccs1. The van der Waals surface area contributed by atoms with Crippen LogP contribution in [-0.2, 0) is 11.2 Å². The lowest BCUT2D eigenvalue weighted by molar-refractivity contribution is -0.135. The molecule has 0 N–H and O–H groups in total. The number of amides is 2. The molecule has 8 heteroatoms. The van der Waals surface area contributed by atoms with Crippen LogP contribution in [0.4, 0.5) is 4.39 Å². The highest BCUT2D eigenvalue weighted by molar-refractivity contribution is 7.12. The second-order valence-corrected chi connectivity index (χ2v) is 9.55. The Morgan fingerprint density at radius 2 is 2.00 bits per heavy atom. The van der Waals surface area contributed by atoms with E-state index >= 15 is 0 Å². The van der Waals surface area contributed by atoms with E-state index in [4.69, 9.17) is 4.74 Å². The Morgan fingerprint density at radius 1 is 1.16 bits per heavy atom. The Morgan fingerprint density at radius 3 is 2.75 bits per heavy atom. The molecule has 0 bridgehead atoms. The maximum Gasteiger partial charge on any atom is 0.264 e. The topological polar surface area (TPSA) is 49.9 Å². The average molecular weight is 473 g/mol. The first-order chi connectivity index (χ1) is 15.6. The number of hydrogen-bond donors (Lipinski definition) is 0. The van der Waals surface area contributed by atoms with Gasteiger partial charge in [-0.05, 0) is 53.4 Å². The monoisotopic (exact) mass is 472 g/mol. The predicted octanol–water partition coefficient (Wildman–Crippen LogP) is 5.01. The molecule has 1 atom stereocenters. The molecule has 5 nitrogen and oxygen atoms in total. The third-order valence-electron chi connectivity index (χ3n) is 5.49. The maximum atomic E-state index is 14.1. The van der Waals surface area contributed by atoms with Gasteiger partial charge in [0.25, 0.3) is 5.91 Å². The molecule has 0 saturated heterocycles. The zero-order chi connectivity index (χ0) is 22.5. The summed E-state index contributed by atoms with van der Waals surface area (Å²) in [4.78, 5) is 31.5. The second kappa shape index (κ2) is 10.3. The number of nitrogens with zero attached hydrogens (tertiary/aromatic N) is 2. The number of rotatable bonds is 8. The van der Waals surface area contributed by atoms with Crippen molar-refractivity contribution in [2.24, 2.45) is 0 Å². The van der Waals surface area contributed by atoms with E-state index in [9.17, 15) is 14.0 Å². The minimum absolute atomic E-state index is 0.0141. The minimum Gasteiger partial charge on any atom is -0.488 e. The highest BCUT2D eigenvalue weighted by Crippen LogP contribution is 2.34. The van der Waals surface area contributed by atoms with Gasteiger partial charge in [-0.15, -0.1) is 22.7 Å². The molecule has 0 fully saturated rings. The van der Waals surface area contributed by atoms with Crippen LogP contribution in [0.2, 0.25) is 0 Å². The van der Waals surface area contributed by atoms with Gasteiger partial charge in [-0.25, -0.2) is 4.39 Å². The standard InChI is InChI=1S/C24H25FN2O3S2/c1-2-11-26(24(29)22-8-5-13-31-22)15-23(28)27-12-9-21-17(10-14-32-21)19(27)16-30-20-7-4-3-6-18(20)25/h3-8,10,13-14,19H,2,9,11-12,15-16H2,1H3/t19-/m0/s1. The highest BCUT2D eigenvalue weighted by atomic mass is 32.1. The zero-order valence-corrected chi connectivity index (χ0v) is 19.5. The first-order valence-corrected chi connectivity index (χ1v) is 12.4. The highest BCUT2D eigenvalue weighted by Gasteiger charge is 2.33. The number of fused-ring (bicyclic) bond motifs is 1. The zero-order valence-electron chi connectivity index (χ0n) is 17.8. The number of halogens is 1. The van der Waals surface area contributed by atoms with Crippen molar-refractivity contribution in [3.8, 4) is 5.75 Å². The summed E-state index contributed by atoms with van der Waals surface area (Å²) in [6.45, 7) is 3.22. The number of hydrogen-bond acceptors (Lipinski definition) is 5. The molecule has 1 aliphatic rings. The van der Waals surface area contributed by atoms with Gasteiger partial charge in [-0.3, -0.25) is 9.59 Å². The summed E-state index contributed by atoms with van der Waals surface area (Å²) >= 11 is 3.04. The Balaban J connectivity index is 1.52. The molecule has 4 rings (SSSR count). The van der Waals surface area contributed by atoms with Gasteiger partial charge in [0.1, 0.15) is 13.2 Å². The number of thiophene rings is 2. The van der Waals surface area contributed by atoms with Gasteiger partial charge in [0.15, 0.2) is 11.6 Å². The lowest BCUT2D eigenvalue weighted by Crippen LogP contribution is -2.48. The van der Waals surface area contributed by atoms with Crippen molar-refractivity contribution in [1.29, 1.82) is 0 Å². The van der Waals surface area contributed by atoms with E-state index in [1.807, 2.05) is 29.8 Å². The molecular weight excluding hydrogens is 447 g/mol. The van der Waals surface area contributed by atoms with Gasteiger partial charge < -0.3 is 14.5 Å². The molecule has 0 radical (unpaired) electrons. The summed E-state index contributed by atoms with van der Waals surface area (Å²) in [6.07, 6.45) is 1.53. The van der Waals surface area contributed by atoms with Gasteiger partial charge in [0.2, 0.25) is 5.91 Å². The number of carbonyl (C=O) groups is 2. The molecule has 0 aliphatic carbocycles. The van der Waals surface area contributed by atoms with Crippen LogP contribution in [0.15, 0.2) is 53.2 Å². The van der Waals surface area contributed by atoms with Crippen molar-refractivity contribution in [2.45, 2.75) is 25.8 Å². The van der Waals surface area contributed by atoms with Crippen LogP contribution in [0.25, 0.3) is 0 Å². The lowest BCUT2D eigenvalue weighted by Gasteiger charge is -2.37. The van der Waals surface area contributed by atoms with E-state index in [2.05, 4.69) is 0 Å². The molecule has 0 spiro atoms. The van der Waals surface area contributed by atoms with Crippen LogP contribution < -0.4 is 4.74 Å². The summed E-state index contributed by atoms with van der Waals surface area (Å²) in [5.74, 6) is -0.505. The van der Waals surface area contributed by atoms with Gasteiger partial charge in [-0.1, -0.05) is 25.1 Å². The number of benzene rings is 1. The molecule has 2 amide bonds. The lowest BCUT2D eigenvalue weighted by atomic mass is 10.0. The Labute approximate surface area is 195 Å². The molecule has 0 saturated carbocycles. The first kappa shape index (κ1) is 22.5. The van der Waals surface area contributed by atoms with Crippen LogP contribution in [-0.4, -0.2) is 47.9 Å². The van der Waals surface area contributed by atoms with Crippen LogP contribution in [0.5, 0.6) is 5.75 Å². The summed E-state index contributed by atoms with van der Waals surface area (Å²) in [7, 11) is 0. The van der Waals surface area contributed by atoms with Crippen LogP contribution >= 0.6 is 22.7 Å². The van der Waals surface area contributed by atoms with Crippen molar-refractivity contribution in [1.82, 2.24) is 9.80 Å². The third kappa shape index (κ3) is 4.86. The Hall–Kier alpha value is -2.71. The Bertz CT molecular complexity index is 1070. The van der Waals surface area contributed by atoms with Gasteiger partial charge in [0, 0.05) is 18.0 Å². The molecule has 0 unspecified atom stereocenters. The van der Waals surface area contributed by atoms with E-state index in [0.29, 0.717) is 18.0 Å². The third-order valence-corrected chi connectivity index (χ3v) is 7.34.